The molecule has 116 valence electrons. The molecule has 2 aliphatic rings. The van der Waals surface area contributed by atoms with Crippen LogP contribution in [0.3, 0.4) is 0 Å². The molecule has 1 atom stereocenters. The van der Waals surface area contributed by atoms with Crippen molar-refractivity contribution in [3.8, 4) is 0 Å². The molecule has 0 aliphatic carbocycles. The van der Waals surface area contributed by atoms with Gasteiger partial charge in [0.25, 0.3) is 11.8 Å². The van der Waals surface area contributed by atoms with Crippen molar-refractivity contribution < 1.29 is 14.4 Å². The fourth-order valence-electron chi connectivity index (χ4n) is 2.89. The zero-order valence-electron chi connectivity index (χ0n) is 12.6. The number of nitrogens with one attached hydrogen (secondary N) is 1. The fourth-order valence-corrected chi connectivity index (χ4v) is 2.89. The summed E-state index contributed by atoms with van der Waals surface area (Å²) in [5, 5.41) is 2.82. The number of imide groups is 1. The Morgan fingerprint density at radius 3 is 2.82 bits per heavy atom. The maximum absolute atomic E-state index is 12.4. The van der Waals surface area contributed by atoms with Gasteiger partial charge in [0.2, 0.25) is 0 Å². The highest BCUT2D eigenvalue weighted by Gasteiger charge is 2.43. The Bertz CT molecular complexity index is 608. The largest absolute Gasteiger partial charge is 0.336 e. The molecule has 2 aliphatic heterocycles. The second kappa shape index (κ2) is 5.40. The molecular weight excluding hydrogens is 284 g/mol. The van der Waals surface area contributed by atoms with Crippen molar-refractivity contribution in [1.82, 2.24) is 20.1 Å². The third kappa shape index (κ3) is 2.32. The van der Waals surface area contributed by atoms with E-state index in [9.17, 15) is 14.4 Å². The van der Waals surface area contributed by atoms with Crippen molar-refractivity contribution >= 4 is 17.8 Å². The van der Waals surface area contributed by atoms with Crippen LogP contribution in [0.15, 0.2) is 18.3 Å². The van der Waals surface area contributed by atoms with E-state index in [1.54, 1.807) is 17.0 Å². The minimum absolute atomic E-state index is 0.0510. The lowest BCUT2D eigenvalue weighted by atomic mass is 10.2. The van der Waals surface area contributed by atoms with Crippen LogP contribution in [0.4, 0.5) is 4.79 Å². The lowest BCUT2D eigenvalue weighted by Crippen LogP contribution is -2.45. The number of carbonyl (C=O) groups excluding carboxylic acids is 3. The first-order chi connectivity index (χ1) is 10.5. The number of nitrogens with zero attached hydrogens (tertiary/aromatic N) is 3. The summed E-state index contributed by atoms with van der Waals surface area (Å²) in [7, 11) is 0. The molecule has 7 nitrogen and oxygen atoms in total. The SMILES string of the molecule is CC(C)NC(=O)N1CCC(N2C(=O)c3cccnc3C2=O)C1. The van der Waals surface area contributed by atoms with Gasteiger partial charge in [-0.15, -0.1) is 0 Å². The zero-order valence-corrected chi connectivity index (χ0v) is 12.6. The van der Waals surface area contributed by atoms with E-state index in [2.05, 4.69) is 10.3 Å². The summed E-state index contributed by atoms with van der Waals surface area (Å²) in [4.78, 5) is 43.7. The predicted octanol–water partition coefficient (Wildman–Crippen LogP) is 0.870. The topological polar surface area (TPSA) is 82.6 Å². The number of likely N-dealkylation sites (tertiary alicyclic amines) is 1. The first kappa shape index (κ1) is 14.5. The molecule has 1 N–H and O–H groups in total. The van der Waals surface area contributed by atoms with Crippen molar-refractivity contribution in [2.75, 3.05) is 13.1 Å². The highest BCUT2D eigenvalue weighted by atomic mass is 16.2. The summed E-state index contributed by atoms with van der Waals surface area (Å²) in [6.45, 7) is 4.68. The number of pyridine rings is 1. The van der Waals surface area contributed by atoms with Gasteiger partial charge in [-0.05, 0) is 32.4 Å². The van der Waals surface area contributed by atoms with E-state index >= 15 is 0 Å². The van der Waals surface area contributed by atoms with Crippen LogP contribution in [0.2, 0.25) is 0 Å². The summed E-state index contributed by atoms with van der Waals surface area (Å²) in [5.74, 6) is -0.680. The van der Waals surface area contributed by atoms with E-state index < -0.39 is 0 Å². The minimum Gasteiger partial charge on any atom is -0.336 e. The van der Waals surface area contributed by atoms with Gasteiger partial charge >= 0.3 is 6.03 Å². The molecule has 4 amide bonds. The number of aromatic nitrogens is 1. The number of amides is 4. The van der Waals surface area contributed by atoms with Crippen LogP contribution in [0.1, 0.15) is 41.1 Å². The minimum atomic E-state index is -0.364. The summed E-state index contributed by atoms with van der Waals surface area (Å²) < 4.78 is 0. The van der Waals surface area contributed by atoms with Crippen LogP contribution in [-0.2, 0) is 0 Å². The van der Waals surface area contributed by atoms with Crippen molar-refractivity contribution in [1.29, 1.82) is 0 Å². The molecule has 0 bridgehead atoms. The van der Waals surface area contributed by atoms with E-state index in [0.29, 0.717) is 25.1 Å². The number of fused-ring (bicyclic) bond motifs is 1. The Kier molecular flexibility index (Phi) is 3.56. The van der Waals surface area contributed by atoms with Gasteiger partial charge in [0.05, 0.1) is 11.6 Å². The number of carbonyl (C=O) groups is 3. The number of hydrogen-bond donors (Lipinski definition) is 1. The van der Waals surface area contributed by atoms with Crippen LogP contribution < -0.4 is 5.32 Å². The van der Waals surface area contributed by atoms with E-state index in [4.69, 9.17) is 0 Å². The van der Waals surface area contributed by atoms with Gasteiger partial charge in [0.15, 0.2) is 0 Å². The molecule has 3 rings (SSSR count). The lowest BCUT2D eigenvalue weighted by Gasteiger charge is -2.23. The zero-order chi connectivity index (χ0) is 15.9. The first-order valence-electron chi connectivity index (χ1n) is 7.37. The molecule has 7 heteroatoms. The quantitative estimate of drug-likeness (QED) is 0.822. The molecular formula is C15H18N4O3. The fraction of sp³-hybridized carbons (Fsp3) is 0.467. The maximum Gasteiger partial charge on any atom is 0.317 e. The number of rotatable bonds is 2. The molecule has 0 spiro atoms. The van der Waals surface area contributed by atoms with E-state index in [1.165, 1.54) is 11.1 Å². The number of urea groups is 1. The Morgan fingerprint density at radius 2 is 2.14 bits per heavy atom. The van der Waals surface area contributed by atoms with Crippen LogP contribution in [0, 0.1) is 0 Å². The molecule has 0 saturated carbocycles. The average molecular weight is 302 g/mol. The molecule has 3 heterocycles. The van der Waals surface area contributed by atoms with Gasteiger partial charge in [-0.25, -0.2) is 4.79 Å². The van der Waals surface area contributed by atoms with Gasteiger partial charge in [-0.1, -0.05) is 0 Å². The van der Waals surface area contributed by atoms with E-state index in [0.717, 1.165) is 0 Å². The molecule has 0 aromatic carbocycles. The third-order valence-corrected chi connectivity index (χ3v) is 3.91. The Hall–Kier alpha value is -2.44. The molecule has 1 aromatic rings. The summed E-state index contributed by atoms with van der Waals surface area (Å²) >= 11 is 0. The smallest absolute Gasteiger partial charge is 0.317 e. The second-order valence-corrected chi connectivity index (χ2v) is 5.87. The van der Waals surface area contributed by atoms with Crippen molar-refractivity contribution in [3.05, 3.63) is 29.6 Å². The van der Waals surface area contributed by atoms with E-state index in [-0.39, 0.29) is 35.6 Å². The van der Waals surface area contributed by atoms with Crippen molar-refractivity contribution in [2.45, 2.75) is 32.4 Å². The summed E-state index contributed by atoms with van der Waals surface area (Å²) in [6.07, 6.45) is 2.10. The second-order valence-electron chi connectivity index (χ2n) is 5.87. The molecule has 1 unspecified atom stereocenters. The molecule has 1 aromatic heterocycles. The van der Waals surface area contributed by atoms with Gasteiger partial charge in [0.1, 0.15) is 5.69 Å². The van der Waals surface area contributed by atoms with Crippen molar-refractivity contribution in [2.24, 2.45) is 0 Å². The Labute approximate surface area is 128 Å². The van der Waals surface area contributed by atoms with Crippen LogP contribution in [0.25, 0.3) is 0 Å². The van der Waals surface area contributed by atoms with Crippen LogP contribution in [-0.4, -0.2) is 57.8 Å². The molecule has 1 fully saturated rings. The normalized spacial score (nSPS) is 20.8. The highest BCUT2D eigenvalue weighted by Crippen LogP contribution is 2.26. The monoisotopic (exact) mass is 302 g/mol. The molecule has 22 heavy (non-hydrogen) atoms. The highest BCUT2D eigenvalue weighted by molar-refractivity contribution is 6.20. The number of hydrogen-bond acceptors (Lipinski definition) is 4. The van der Waals surface area contributed by atoms with Gasteiger partial charge < -0.3 is 10.2 Å². The van der Waals surface area contributed by atoms with Crippen LogP contribution >= 0.6 is 0 Å². The summed E-state index contributed by atoms with van der Waals surface area (Å²) in [5.41, 5.74) is 0.551. The van der Waals surface area contributed by atoms with Gasteiger partial charge in [0, 0.05) is 25.3 Å². The Balaban J connectivity index is 1.74. The first-order valence-corrected chi connectivity index (χ1v) is 7.37. The molecule has 0 radical (unpaired) electrons. The third-order valence-electron chi connectivity index (χ3n) is 3.91. The standard InChI is InChI=1S/C15H18N4O3/c1-9(2)17-15(22)18-7-5-10(8-18)19-13(20)11-4-3-6-16-12(11)14(19)21/h3-4,6,9-10H,5,7-8H2,1-2H3,(H,17,22). The average Bonchev–Trinajstić information content (AvgIpc) is 3.04. The van der Waals surface area contributed by atoms with Gasteiger partial charge in [-0.2, -0.15) is 0 Å². The van der Waals surface area contributed by atoms with Gasteiger partial charge in [-0.3, -0.25) is 19.5 Å². The predicted molar refractivity (Wildman–Crippen MR) is 78.4 cm³/mol. The Morgan fingerprint density at radius 1 is 1.36 bits per heavy atom. The van der Waals surface area contributed by atoms with E-state index in [1.807, 2.05) is 13.8 Å². The summed E-state index contributed by atoms with van der Waals surface area (Å²) in [6, 6.07) is 2.86. The van der Waals surface area contributed by atoms with Crippen molar-refractivity contribution in [3.63, 3.8) is 0 Å². The maximum atomic E-state index is 12.4. The molecule has 1 saturated heterocycles. The van der Waals surface area contributed by atoms with Crippen LogP contribution in [0.5, 0.6) is 0 Å². The lowest BCUT2D eigenvalue weighted by molar-refractivity contribution is 0.0588.